The fraction of sp³-hybridized carbons (Fsp3) is 0.211. The minimum Gasteiger partial charge on any atom is -0.198 e. The van der Waals surface area contributed by atoms with Crippen molar-refractivity contribution in [1.29, 1.82) is 0 Å². The van der Waals surface area contributed by atoms with Gasteiger partial charge in [-0.05, 0) is 36.9 Å². The van der Waals surface area contributed by atoms with Crippen molar-refractivity contribution < 1.29 is 7.31 Å². The zero-order valence-corrected chi connectivity index (χ0v) is 12.4. The maximum atomic E-state index is 8.10. The third-order valence-corrected chi connectivity index (χ3v) is 3.95. The molecular weight excluding hydrogens is 242 g/mol. The van der Waals surface area contributed by atoms with Crippen molar-refractivity contribution in [2.45, 2.75) is 20.8 Å². The first kappa shape index (κ1) is 10.6. The van der Waals surface area contributed by atoms with E-state index in [1.165, 1.54) is 16.3 Å². The van der Waals surface area contributed by atoms with Crippen LogP contribution in [0.25, 0.3) is 22.0 Å². The summed E-state index contributed by atoms with van der Waals surface area (Å²) < 4.78 is 18.2. The molecule has 0 aliphatic carbocycles. The quantitative estimate of drug-likeness (QED) is 0.578. The van der Waals surface area contributed by atoms with E-state index < -0.39 is 0 Å². The van der Waals surface area contributed by atoms with E-state index in [2.05, 4.69) is 42.7 Å². The predicted octanol–water partition coefficient (Wildman–Crippen LogP) is 4.26. The van der Waals surface area contributed by atoms with E-state index in [9.17, 15) is 0 Å². The lowest BCUT2D eigenvalue weighted by Gasteiger charge is -2.10. The molecule has 0 N–H and O–H groups in total. The Labute approximate surface area is 123 Å². The molecule has 0 bridgehead atoms. The predicted molar refractivity (Wildman–Crippen MR) is 84.8 cm³/mol. The molecule has 0 fully saturated rings. The Morgan fingerprint density at radius 3 is 2.65 bits per heavy atom. The zero-order valence-electron chi connectivity index (χ0n) is 14.4. The first-order chi connectivity index (χ1) is 10.4. The molecule has 1 nitrogen and oxygen atoms in total. The van der Waals surface area contributed by atoms with Crippen LogP contribution in [0.2, 0.25) is 0 Å². The molecule has 1 heteroatoms. The van der Waals surface area contributed by atoms with E-state index >= 15 is 0 Å². The average Bonchev–Trinajstić information content (AvgIpc) is 2.45. The summed E-state index contributed by atoms with van der Waals surface area (Å²) in [7, 11) is 2.05. The fourth-order valence-electron chi connectivity index (χ4n) is 2.71. The molecule has 0 saturated heterocycles. The molecule has 1 aromatic heterocycles. The van der Waals surface area contributed by atoms with E-state index in [1.54, 1.807) is 6.07 Å². The molecule has 100 valence electrons. The summed E-state index contributed by atoms with van der Waals surface area (Å²) in [6, 6.07) is 12.9. The van der Waals surface area contributed by atoms with Crippen LogP contribution in [0.15, 0.2) is 48.5 Å². The number of fused-ring (bicyclic) bond motifs is 1. The van der Waals surface area contributed by atoms with Gasteiger partial charge in [-0.2, -0.15) is 4.57 Å². The van der Waals surface area contributed by atoms with Crippen LogP contribution in [0.4, 0.5) is 0 Å². The molecule has 0 aliphatic rings. The lowest BCUT2D eigenvalue weighted by Crippen LogP contribution is -2.35. The van der Waals surface area contributed by atoms with Crippen LogP contribution >= 0.6 is 0 Å². The van der Waals surface area contributed by atoms with E-state index in [0.29, 0.717) is 12.1 Å². The largest absolute Gasteiger partial charge is 0.220 e. The highest BCUT2D eigenvalue weighted by Crippen LogP contribution is 2.29. The van der Waals surface area contributed by atoms with Crippen LogP contribution in [-0.4, -0.2) is 0 Å². The van der Waals surface area contributed by atoms with Crippen molar-refractivity contribution in [3.05, 3.63) is 65.3 Å². The number of rotatable bonds is 1. The van der Waals surface area contributed by atoms with Gasteiger partial charge in [0.05, 0.1) is 8.13 Å². The van der Waals surface area contributed by atoms with Crippen molar-refractivity contribution in [1.82, 2.24) is 0 Å². The molecular formula is C19H20N+. The lowest BCUT2D eigenvalue weighted by molar-refractivity contribution is -0.665. The highest BCUT2D eigenvalue weighted by molar-refractivity contribution is 5.94. The highest BCUT2D eigenvalue weighted by atomic mass is 14.9. The molecule has 0 radical (unpaired) electrons. The molecule has 20 heavy (non-hydrogen) atoms. The molecule has 1 heterocycles. The molecule has 0 spiro atoms. The maximum absolute atomic E-state index is 8.10. The van der Waals surface area contributed by atoms with Gasteiger partial charge in [0.25, 0.3) is 0 Å². The number of aryl methyl sites for hydroxylation is 2. The van der Waals surface area contributed by atoms with Crippen LogP contribution in [0.1, 0.15) is 19.6 Å². The molecule has 0 saturated carbocycles. The molecule has 0 atom stereocenters. The molecule has 0 amide bonds. The topological polar surface area (TPSA) is 3.88 Å². The standard InChI is InChI=1S/C19H20N/c1-13-9-10-16-12-15(3)20(4)19(18(16)11-13)17-8-6-5-7-14(17)2/h5-12H,1-4H3/q+1/i6D,7D. The first-order valence-corrected chi connectivity index (χ1v) is 6.86. The molecule has 2 aromatic carbocycles. The highest BCUT2D eigenvalue weighted by Gasteiger charge is 2.19. The minimum absolute atomic E-state index is 0.382. The number of nitrogens with zero attached hydrogens (tertiary/aromatic N) is 1. The normalized spacial score (nSPS) is 12.4. The van der Waals surface area contributed by atoms with Crippen molar-refractivity contribution in [2.75, 3.05) is 0 Å². The van der Waals surface area contributed by atoms with Crippen LogP contribution in [0, 0.1) is 20.8 Å². The van der Waals surface area contributed by atoms with E-state index in [-0.39, 0.29) is 0 Å². The fourth-order valence-corrected chi connectivity index (χ4v) is 2.71. The third kappa shape index (κ3) is 2.00. The Hall–Kier alpha value is -2.15. The van der Waals surface area contributed by atoms with Gasteiger partial charge in [-0.3, -0.25) is 0 Å². The number of pyridine rings is 1. The second kappa shape index (κ2) is 4.75. The number of aromatic nitrogens is 1. The monoisotopic (exact) mass is 264 g/mol. The molecule has 3 aromatic rings. The summed E-state index contributed by atoms with van der Waals surface area (Å²) in [5.74, 6) is 0. The van der Waals surface area contributed by atoms with Gasteiger partial charge < -0.3 is 0 Å². The summed E-state index contributed by atoms with van der Waals surface area (Å²) in [6.07, 6.45) is 0. The van der Waals surface area contributed by atoms with E-state index in [0.717, 1.165) is 22.5 Å². The SMILES string of the molecule is [2H]c1cc([2H])c(C)c(-c2c3cc(C)ccc3cc(C)[n+]2C)c1. The van der Waals surface area contributed by atoms with Crippen molar-refractivity contribution in [3.63, 3.8) is 0 Å². The Morgan fingerprint density at radius 2 is 1.85 bits per heavy atom. The summed E-state index contributed by atoms with van der Waals surface area (Å²) in [4.78, 5) is 0. The van der Waals surface area contributed by atoms with Gasteiger partial charge in [0, 0.05) is 18.6 Å². The van der Waals surface area contributed by atoms with Gasteiger partial charge in [0.1, 0.15) is 7.05 Å². The second-order valence-corrected chi connectivity index (χ2v) is 5.42. The van der Waals surface area contributed by atoms with Crippen molar-refractivity contribution >= 4 is 10.8 Å². The van der Waals surface area contributed by atoms with Crippen LogP contribution in [-0.2, 0) is 7.05 Å². The van der Waals surface area contributed by atoms with E-state index in [4.69, 9.17) is 2.74 Å². The summed E-state index contributed by atoms with van der Waals surface area (Å²) in [5.41, 5.74) is 5.34. The van der Waals surface area contributed by atoms with Crippen molar-refractivity contribution in [3.8, 4) is 11.3 Å². The van der Waals surface area contributed by atoms with Crippen LogP contribution < -0.4 is 4.57 Å². The molecule has 0 unspecified atom stereocenters. The summed E-state index contributed by atoms with van der Waals surface area (Å²) in [5, 5.41) is 2.36. The Balaban J connectivity index is 2.49. The van der Waals surface area contributed by atoms with Crippen molar-refractivity contribution in [2.24, 2.45) is 7.05 Å². The first-order valence-electron chi connectivity index (χ1n) is 7.86. The Kier molecular flexibility index (Phi) is 2.52. The summed E-state index contributed by atoms with van der Waals surface area (Å²) >= 11 is 0. The van der Waals surface area contributed by atoms with Crippen LogP contribution in [0.5, 0.6) is 0 Å². The van der Waals surface area contributed by atoms with E-state index in [1.807, 2.05) is 20.0 Å². The maximum Gasteiger partial charge on any atom is 0.220 e. The number of hydrogen-bond acceptors (Lipinski definition) is 0. The van der Waals surface area contributed by atoms with Gasteiger partial charge >= 0.3 is 0 Å². The van der Waals surface area contributed by atoms with Gasteiger partial charge in [0.2, 0.25) is 5.69 Å². The number of benzene rings is 2. The Bertz CT molecular complexity index is 898. The molecule has 3 rings (SSSR count). The third-order valence-electron chi connectivity index (χ3n) is 3.95. The smallest absolute Gasteiger partial charge is 0.198 e. The minimum atomic E-state index is 0.382. The summed E-state index contributed by atoms with van der Waals surface area (Å²) in [6.45, 7) is 6.14. The average molecular weight is 264 g/mol. The zero-order chi connectivity index (χ0) is 16.0. The van der Waals surface area contributed by atoms with Crippen LogP contribution in [0.3, 0.4) is 0 Å². The van der Waals surface area contributed by atoms with Gasteiger partial charge in [-0.15, -0.1) is 0 Å². The number of hydrogen-bond donors (Lipinski definition) is 0. The molecule has 0 aliphatic heterocycles. The Morgan fingerprint density at radius 1 is 1.05 bits per heavy atom. The van der Waals surface area contributed by atoms with Gasteiger partial charge in [0.15, 0.2) is 5.69 Å². The lowest BCUT2D eigenvalue weighted by atomic mass is 9.98. The van der Waals surface area contributed by atoms with Gasteiger partial charge in [-0.1, -0.05) is 35.8 Å². The second-order valence-electron chi connectivity index (χ2n) is 5.42. The van der Waals surface area contributed by atoms with Gasteiger partial charge in [-0.25, -0.2) is 0 Å².